The van der Waals surface area contributed by atoms with E-state index in [0.717, 1.165) is 64.2 Å². The first-order chi connectivity index (χ1) is 40.0. The Labute approximate surface area is 508 Å². The Balaban J connectivity index is 4.04. The van der Waals surface area contributed by atoms with Crippen LogP contribution in [0.5, 0.6) is 0 Å². The summed E-state index contributed by atoms with van der Waals surface area (Å²) in [4.78, 5) is 35.9. The number of phosphoric ester groups is 1. The average Bonchev–Trinajstić information content (AvgIpc) is 3.46. The fourth-order valence-corrected chi connectivity index (χ4v) is 10.7. The Morgan fingerprint density at radius 2 is 0.695 bits per heavy atom. The van der Waals surface area contributed by atoms with Crippen molar-refractivity contribution >= 4 is 19.8 Å². The van der Waals surface area contributed by atoms with Gasteiger partial charge in [0, 0.05) is 12.8 Å². The first-order valence-corrected chi connectivity index (χ1v) is 36.2. The monoisotopic (exact) mass is 1170 g/mol. The van der Waals surface area contributed by atoms with Gasteiger partial charge in [-0.25, -0.2) is 4.57 Å². The minimum Gasteiger partial charge on any atom is -0.462 e. The number of likely N-dealkylation sites (N-methyl/N-ethyl adjacent to an activating group) is 1. The number of ether oxygens (including phenoxy) is 2. The van der Waals surface area contributed by atoms with Crippen LogP contribution in [0.4, 0.5) is 0 Å². The van der Waals surface area contributed by atoms with E-state index in [9.17, 15) is 19.0 Å². The molecule has 1 N–H and O–H groups in total. The van der Waals surface area contributed by atoms with Crippen molar-refractivity contribution in [3.05, 3.63) is 72.9 Å². The second-order valence-corrected chi connectivity index (χ2v) is 26.0. The number of rotatable bonds is 64. The predicted molar refractivity (Wildman–Crippen MR) is 353 cm³/mol. The lowest BCUT2D eigenvalue weighted by molar-refractivity contribution is -0.870. The van der Waals surface area contributed by atoms with E-state index >= 15 is 0 Å². The highest BCUT2D eigenvalue weighted by molar-refractivity contribution is 7.47. The molecule has 82 heavy (non-hydrogen) atoms. The highest BCUT2D eigenvalue weighted by Crippen LogP contribution is 2.43. The molecule has 0 heterocycles. The van der Waals surface area contributed by atoms with Crippen molar-refractivity contribution in [2.24, 2.45) is 0 Å². The smallest absolute Gasteiger partial charge is 0.462 e. The summed E-state index contributed by atoms with van der Waals surface area (Å²) in [7, 11) is 1.49. The zero-order chi connectivity index (χ0) is 59.8. The molecule has 0 aromatic carbocycles. The minimum atomic E-state index is -4.39. The number of hydrogen-bond acceptors (Lipinski definition) is 7. The molecule has 0 saturated heterocycles. The molecule has 0 aromatic rings. The van der Waals surface area contributed by atoms with E-state index in [1.807, 2.05) is 21.1 Å². The zero-order valence-corrected chi connectivity index (χ0v) is 55.4. The minimum absolute atomic E-state index is 0.0315. The van der Waals surface area contributed by atoms with Crippen LogP contribution in [0, 0.1) is 0 Å². The summed E-state index contributed by atoms with van der Waals surface area (Å²) in [5.74, 6) is -0.785. The van der Waals surface area contributed by atoms with Crippen molar-refractivity contribution in [3.63, 3.8) is 0 Å². The third-order valence-electron chi connectivity index (χ3n) is 15.2. The predicted octanol–water partition coefficient (Wildman–Crippen LogP) is 22.4. The van der Waals surface area contributed by atoms with Gasteiger partial charge in [0.2, 0.25) is 0 Å². The molecule has 2 unspecified atom stereocenters. The van der Waals surface area contributed by atoms with E-state index in [-0.39, 0.29) is 25.6 Å². The van der Waals surface area contributed by atoms with Gasteiger partial charge in [-0.1, -0.05) is 299 Å². The number of carbonyl (C=O) groups excluding carboxylic acids is 2. The van der Waals surface area contributed by atoms with E-state index in [0.29, 0.717) is 23.9 Å². The van der Waals surface area contributed by atoms with Gasteiger partial charge in [-0.2, -0.15) is 0 Å². The van der Waals surface area contributed by atoms with E-state index in [1.54, 1.807) is 0 Å². The van der Waals surface area contributed by atoms with Gasteiger partial charge in [0.05, 0.1) is 27.7 Å². The largest absolute Gasteiger partial charge is 0.472 e. The molecule has 0 rings (SSSR count). The summed E-state index contributed by atoms with van der Waals surface area (Å²) in [6, 6.07) is 0. The maximum absolute atomic E-state index is 12.9. The Morgan fingerprint density at radius 1 is 0.390 bits per heavy atom. The number of hydrogen-bond donors (Lipinski definition) is 1. The van der Waals surface area contributed by atoms with Crippen molar-refractivity contribution in [2.45, 2.75) is 328 Å². The number of allylic oxidation sites excluding steroid dienone is 12. The van der Waals surface area contributed by atoms with Crippen LogP contribution in [0.1, 0.15) is 322 Å². The second kappa shape index (κ2) is 63.0. The summed E-state index contributed by atoms with van der Waals surface area (Å²) < 4.78 is 34.7. The normalized spacial score (nSPS) is 13.6. The van der Waals surface area contributed by atoms with Crippen LogP contribution in [0.2, 0.25) is 0 Å². The van der Waals surface area contributed by atoms with E-state index in [2.05, 4.69) is 86.8 Å². The molecule has 0 aliphatic heterocycles. The number of carbonyl (C=O) groups is 2. The van der Waals surface area contributed by atoms with E-state index in [4.69, 9.17) is 18.5 Å². The highest BCUT2D eigenvalue weighted by atomic mass is 31.2. The molecule has 0 radical (unpaired) electrons. The number of phosphoric acid groups is 1. The Morgan fingerprint density at radius 3 is 1.05 bits per heavy atom. The lowest BCUT2D eigenvalue weighted by Gasteiger charge is -2.24. The standard InChI is InChI=1S/C72H132NO8P/c1-6-8-10-12-14-16-18-20-22-24-26-28-30-32-34-35-36-37-39-41-43-45-47-49-51-53-55-57-59-61-63-65-72(75)81-70(69-80-82(76,77)79-67-66-73(3,4)5)68-78-71(74)64-62-60-58-56-54-52-50-48-46-44-42-40-38-33-31-29-27-25-23-21-19-17-15-13-11-9-7-2/h8,10,14,16,20,22,25-28,32,34,70H,6-7,9,11-13,15,17-19,21,23-24,29-31,33,35-69H2,1-5H3/p+1/b10-8-,16-14-,22-20-,27-25-,28-26-,34-32-. The summed E-state index contributed by atoms with van der Waals surface area (Å²) >= 11 is 0. The van der Waals surface area contributed by atoms with E-state index < -0.39 is 26.5 Å². The fourth-order valence-electron chi connectivity index (χ4n) is 9.92. The molecule has 0 amide bonds. The first-order valence-electron chi connectivity index (χ1n) is 34.7. The zero-order valence-electron chi connectivity index (χ0n) is 54.5. The summed E-state index contributed by atoms with van der Waals surface area (Å²) in [5, 5.41) is 0. The third kappa shape index (κ3) is 66.6. The van der Waals surface area contributed by atoms with Gasteiger partial charge in [-0.15, -0.1) is 0 Å². The quantitative estimate of drug-likeness (QED) is 0.0211. The molecule has 0 bridgehead atoms. The first kappa shape index (κ1) is 79.5. The molecule has 0 aliphatic carbocycles. The molecular weight excluding hydrogens is 1040 g/mol. The molecule has 10 heteroatoms. The number of esters is 2. The Kier molecular flexibility index (Phi) is 61.0. The van der Waals surface area contributed by atoms with Gasteiger partial charge in [0.25, 0.3) is 0 Å². The molecule has 0 spiro atoms. The topological polar surface area (TPSA) is 108 Å². The van der Waals surface area contributed by atoms with Crippen molar-refractivity contribution in [1.82, 2.24) is 0 Å². The van der Waals surface area contributed by atoms with Crippen LogP contribution < -0.4 is 0 Å². The Hall–Kier alpha value is -2.55. The van der Waals surface area contributed by atoms with Gasteiger partial charge in [0.1, 0.15) is 19.8 Å². The molecule has 478 valence electrons. The van der Waals surface area contributed by atoms with Gasteiger partial charge in [-0.05, 0) is 83.5 Å². The summed E-state index contributed by atoms with van der Waals surface area (Å²) in [6.07, 6.45) is 84.3. The van der Waals surface area contributed by atoms with Crippen LogP contribution in [0.25, 0.3) is 0 Å². The molecule has 0 fully saturated rings. The Bertz CT molecular complexity index is 1610. The second-order valence-electron chi connectivity index (χ2n) is 24.5. The average molecular weight is 1170 g/mol. The van der Waals surface area contributed by atoms with Crippen LogP contribution in [-0.4, -0.2) is 74.9 Å². The summed E-state index contributed by atoms with van der Waals surface area (Å²) in [6.45, 7) is 4.37. The lowest BCUT2D eigenvalue weighted by atomic mass is 10.0. The van der Waals surface area contributed by atoms with E-state index in [1.165, 1.54) is 225 Å². The van der Waals surface area contributed by atoms with Gasteiger partial charge in [0.15, 0.2) is 6.10 Å². The van der Waals surface area contributed by atoms with Crippen molar-refractivity contribution in [2.75, 3.05) is 47.5 Å². The summed E-state index contributed by atoms with van der Waals surface area (Å²) in [5.41, 5.74) is 0. The van der Waals surface area contributed by atoms with Crippen molar-refractivity contribution < 1.29 is 42.1 Å². The molecule has 0 aromatic heterocycles. The van der Waals surface area contributed by atoms with Gasteiger partial charge < -0.3 is 18.9 Å². The number of nitrogens with zero attached hydrogens (tertiary/aromatic N) is 1. The molecular formula is C72H133NO8P+. The molecule has 2 atom stereocenters. The van der Waals surface area contributed by atoms with Gasteiger partial charge >= 0.3 is 19.8 Å². The van der Waals surface area contributed by atoms with Crippen LogP contribution in [-0.2, 0) is 32.7 Å². The highest BCUT2D eigenvalue weighted by Gasteiger charge is 2.27. The third-order valence-corrected chi connectivity index (χ3v) is 16.2. The van der Waals surface area contributed by atoms with Crippen LogP contribution >= 0.6 is 7.82 Å². The van der Waals surface area contributed by atoms with Gasteiger partial charge in [-0.3, -0.25) is 18.6 Å². The number of quaternary nitrogens is 1. The van der Waals surface area contributed by atoms with Crippen LogP contribution in [0.15, 0.2) is 72.9 Å². The van der Waals surface area contributed by atoms with Crippen molar-refractivity contribution in [3.8, 4) is 0 Å². The number of unbranched alkanes of at least 4 members (excludes halogenated alkanes) is 38. The molecule has 9 nitrogen and oxygen atoms in total. The molecule has 0 aliphatic rings. The fraction of sp³-hybridized carbons (Fsp3) is 0.806. The maximum atomic E-state index is 12.9. The molecule has 0 saturated carbocycles. The van der Waals surface area contributed by atoms with Crippen molar-refractivity contribution in [1.29, 1.82) is 0 Å². The SMILES string of the molecule is CC/C=C\C/C=C\C/C=C\C/C=C\C/C=C\CCCCCCCCCCCCCCCCCC(=O)OC(COC(=O)CCCCCCCCCCCCCCCCC/C=C\CCCCCCCCCC)COP(=O)(O)OCC[N+](C)(C)C. The lowest BCUT2D eigenvalue weighted by Crippen LogP contribution is -2.37. The van der Waals surface area contributed by atoms with Crippen LogP contribution in [0.3, 0.4) is 0 Å². The maximum Gasteiger partial charge on any atom is 0.472 e.